The summed E-state index contributed by atoms with van der Waals surface area (Å²) in [4.78, 5) is 25.6. The van der Waals surface area contributed by atoms with Crippen LogP contribution in [-0.4, -0.2) is 47.3 Å². The minimum Gasteiger partial charge on any atom is -0.493 e. The van der Waals surface area contributed by atoms with Gasteiger partial charge in [0.1, 0.15) is 0 Å². The second-order valence-electron chi connectivity index (χ2n) is 7.76. The van der Waals surface area contributed by atoms with E-state index in [1.165, 1.54) is 18.2 Å². The highest BCUT2D eigenvalue weighted by molar-refractivity contribution is 7.92. The van der Waals surface area contributed by atoms with Gasteiger partial charge in [0.25, 0.3) is 11.8 Å². The molecule has 2 amide bonds. The van der Waals surface area contributed by atoms with Gasteiger partial charge >= 0.3 is 0 Å². The number of benzene rings is 3. The molecule has 0 fully saturated rings. The fourth-order valence-corrected chi connectivity index (χ4v) is 4.24. The fraction of sp³-hybridized carbons (Fsp3) is 0.200. The summed E-state index contributed by atoms with van der Waals surface area (Å²) in [5.41, 5.74) is 1.92. The van der Waals surface area contributed by atoms with E-state index >= 15 is 0 Å². The Labute approximate surface area is 214 Å². The van der Waals surface area contributed by atoms with Gasteiger partial charge in [0, 0.05) is 12.1 Å². The lowest BCUT2D eigenvalue weighted by Gasteiger charge is -2.13. The van der Waals surface area contributed by atoms with Gasteiger partial charge in [0.2, 0.25) is 10.0 Å². The Morgan fingerprint density at radius 2 is 1.61 bits per heavy atom. The molecule has 3 aromatic carbocycles. The summed E-state index contributed by atoms with van der Waals surface area (Å²) in [6.45, 7) is 0.362. The highest BCUT2D eigenvalue weighted by atomic mass is 35.5. The van der Waals surface area contributed by atoms with Crippen molar-refractivity contribution in [2.24, 2.45) is 0 Å². The van der Waals surface area contributed by atoms with Gasteiger partial charge < -0.3 is 20.1 Å². The van der Waals surface area contributed by atoms with Crippen LogP contribution in [0.5, 0.6) is 11.5 Å². The van der Waals surface area contributed by atoms with Crippen LogP contribution in [0.2, 0.25) is 5.02 Å². The molecule has 3 aromatic rings. The van der Waals surface area contributed by atoms with Gasteiger partial charge in [-0.3, -0.25) is 14.3 Å². The van der Waals surface area contributed by atoms with Crippen LogP contribution >= 0.6 is 11.6 Å². The summed E-state index contributed by atoms with van der Waals surface area (Å²) >= 11 is 6.12. The first-order valence-corrected chi connectivity index (χ1v) is 13.0. The highest BCUT2D eigenvalue weighted by Gasteiger charge is 2.16. The number of nitrogens with one attached hydrogen (secondary N) is 3. The zero-order valence-corrected chi connectivity index (χ0v) is 21.5. The molecule has 0 bridgehead atoms. The SMILES string of the molecule is COc1ccc(CCNC(=O)c2ccccc2NC(=O)c2ccc(NS(C)(=O)=O)c(Cl)c2)cc1OC. The van der Waals surface area contributed by atoms with E-state index in [4.69, 9.17) is 21.1 Å². The molecule has 0 radical (unpaired) electrons. The summed E-state index contributed by atoms with van der Waals surface area (Å²) in [5, 5.41) is 5.63. The largest absolute Gasteiger partial charge is 0.493 e. The number of amides is 2. The van der Waals surface area contributed by atoms with Crippen molar-refractivity contribution in [1.82, 2.24) is 5.32 Å². The fourth-order valence-electron chi connectivity index (χ4n) is 3.38. The Bertz CT molecular complexity index is 1380. The third kappa shape index (κ3) is 7.12. The molecule has 0 unspecified atom stereocenters. The Hall–Kier alpha value is -3.76. The number of anilines is 2. The van der Waals surface area contributed by atoms with Crippen LogP contribution in [0.1, 0.15) is 26.3 Å². The predicted molar refractivity (Wildman–Crippen MR) is 140 cm³/mol. The lowest BCUT2D eigenvalue weighted by Crippen LogP contribution is -2.27. The van der Waals surface area contributed by atoms with Gasteiger partial charge in [-0.2, -0.15) is 0 Å². The minimum absolute atomic E-state index is 0.0641. The number of para-hydroxylation sites is 1. The van der Waals surface area contributed by atoms with Crippen LogP contribution in [-0.2, 0) is 16.4 Å². The van der Waals surface area contributed by atoms with Gasteiger partial charge in [0.15, 0.2) is 11.5 Å². The lowest BCUT2D eigenvalue weighted by atomic mass is 10.1. The smallest absolute Gasteiger partial charge is 0.255 e. The van der Waals surface area contributed by atoms with Gasteiger partial charge in [-0.05, 0) is 54.4 Å². The number of rotatable bonds is 10. The van der Waals surface area contributed by atoms with Crippen LogP contribution in [0.15, 0.2) is 60.7 Å². The zero-order valence-electron chi connectivity index (χ0n) is 19.9. The van der Waals surface area contributed by atoms with Crippen molar-refractivity contribution < 1.29 is 27.5 Å². The molecule has 0 heterocycles. The van der Waals surface area contributed by atoms with E-state index in [2.05, 4.69) is 15.4 Å². The molecule has 0 aliphatic carbocycles. The molecule has 0 aromatic heterocycles. The lowest BCUT2D eigenvalue weighted by molar-refractivity contribution is 0.0955. The maximum atomic E-state index is 12.8. The molecule has 0 spiro atoms. The van der Waals surface area contributed by atoms with E-state index in [0.717, 1.165) is 11.8 Å². The normalized spacial score (nSPS) is 10.9. The molecule has 190 valence electrons. The zero-order chi connectivity index (χ0) is 26.3. The second kappa shape index (κ2) is 11.8. The summed E-state index contributed by atoms with van der Waals surface area (Å²) in [7, 11) is -0.398. The summed E-state index contributed by atoms with van der Waals surface area (Å²) in [6.07, 6.45) is 1.56. The molecular weight excluding hydrogens is 506 g/mol. The van der Waals surface area contributed by atoms with Crippen LogP contribution in [0.25, 0.3) is 0 Å². The van der Waals surface area contributed by atoms with Crippen molar-refractivity contribution in [3.63, 3.8) is 0 Å². The van der Waals surface area contributed by atoms with Crippen molar-refractivity contribution in [2.45, 2.75) is 6.42 Å². The third-order valence-electron chi connectivity index (χ3n) is 5.09. The average molecular weight is 532 g/mol. The first-order chi connectivity index (χ1) is 17.1. The Morgan fingerprint density at radius 3 is 2.28 bits per heavy atom. The van der Waals surface area contributed by atoms with Crippen LogP contribution < -0.4 is 24.8 Å². The number of hydrogen-bond acceptors (Lipinski definition) is 6. The number of ether oxygens (including phenoxy) is 2. The molecule has 0 saturated carbocycles. The minimum atomic E-state index is -3.52. The van der Waals surface area contributed by atoms with Gasteiger partial charge in [-0.15, -0.1) is 0 Å². The quantitative estimate of drug-likeness (QED) is 0.364. The van der Waals surface area contributed by atoms with E-state index in [1.807, 2.05) is 12.1 Å². The molecule has 0 aliphatic heterocycles. The first-order valence-electron chi connectivity index (χ1n) is 10.8. The van der Waals surface area contributed by atoms with Crippen molar-refractivity contribution in [2.75, 3.05) is 37.1 Å². The van der Waals surface area contributed by atoms with Crippen LogP contribution in [0.3, 0.4) is 0 Å². The second-order valence-corrected chi connectivity index (χ2v) is 9.92. The third-order valence-corrected chi connectivity index (χ3v) is 6.00. The van der Waals surface area contributed by atoms with Crippen molar-refractivity contribution >= 4 is 44.8 Å². The molecule has 3 N–H and O–H groups in total. The Morgan fingerprint density at radius 1 is 0.889 bits per heavy atom. The van der Waals surface area contributed by atoms with Crippen molar-refractivity contribution in [3.05, 3.63) is 82.4 Å². The molecule has 11 heteroatoms. The average Bonchev–Trinajstić information content (AvgIpc) is 2.84. The monoisotopic (exact) mass is 531 g/mol. The molecule has 3 rings (SSSR count). The van der Waals surface area contributed by atoms with E-state index in [-0.39, 0.29) is 22.2 Å². The van der Waals surface area contributed by atoms with Crippen LogP contribution in [0, 0.1) is 0 Å². The maximum Gasteiger partial charge on any atom is 0.255 e. The predicted octanol–water partition coefficient (Wildman–Crippen LogP) is 3.95. The number of hydrogen-bond donors (Lipinski definition) is 3. The molecular formula is C25H26ClN3O6S. The van der Waals surface area contributed by atoms with Crippen molar-refractivity contribution in [1.29, 1.82) is 0 Å². The van der Waals surface area contributed by atoms with Crippen LogP contribution in [0.4, 0.5) is 11.4 Å². The molecule has 9 nitrogen and oxygen atoms in total. The Balaban J connectivity index is 1.66. The molecule has 0 aliphatic rings. The maximum absolute atomic E-state index is 12.8. The van der Waals surface area contributed by atoms with E-state index in [0.29, 0.717) is 35.7 Å². The van der Waals surface area contributed by atoms with Crippen molar-refractivity contribution in [3.8, 4) is 11.5 Å². The number of halogens is 1. The molecule has 0 saturated heterocycles. The van der Waals surface area contributed by atoms with Gasteiger partial charge in [0.05, 0.1) is 42.4 Å². The summed E-state index contributed by atoms with van der Waals surface area (Å²) in [6, 6.07) is 16.3. The standard InChI is InChI=1S/C25H26ClN3O6S/c1-34-22-11-8-16(14-23(22)35-2)12-13-27-25(31)18-6-4-5-7-20(18)28-24(30)17-9-10-21(19(26)15-17)29-36(3,32)33/h4-11,14-15,29H,12-13H2,1-3H3,(H,27,31)(H,28,30). The molecule has 36 heavy (non-hydrogen) atoms. The van der Waals surface area contributed by atoms with Gasteiger partial charge in [-0.1, -0.05) is 29.8 Å². The molecule has 0 atom stereocenters. The van der Waals surface area contributed by atoms with Gasteiger partial charge in [-0.25, -0.2) is 8.42 Å². The van der Waals surface area contributed by atoms with E-state index in [9.17, 15) is 18.0 Å². The number of sulfonamides is 1. The number of carbonyl (C=O) groups excluding carboxylic acids is 2. The summed E-state index contributed by atoms with van der Waals surface area (Å²) in [5.74, 6) is 0.373. The van der Waals surface area contributed by atoms with E-state index in [1.54, 1.807) is 44.6 Å². The number of methoxy groups -OCH3 is 2. The highest BCUT2D eigenvalue weighted by Crippen LogP contribution is 2.28. The first kappa shape index (κ1) is 26.8. The number of carbonyl (C=O) groups is 2. The Kier molecular flexibility index (Phi) is 8.78. The summed E-state index contributed by atoms with van der Waals surface area (Å²) < 4.78 is 35.7. The van der Waals surface area contributed by atoms with E-state index < -0.39 is 15.9 Å². The topological polar surface area (TPSA) is 123 Å².